The molecule has 0 aliphatic rings. The Kier molecular flexibility index (Phi) is 6.87. The molecule has 3 N–H and O–H groups in total. The fourth-order valence-corrected chi connectivity index (χ4v) is 2.72. The standard InChI is InChI=1S/C17H24N4OS/c1-3-4-9-18-17(20-11-16-21-13(2)12-23-16)19-10-14-7-5-6-8-15(14)22/h5-8,12,22H,3-4,9-11H2,1-2H3,(H2,18,19,20). The van der Waals surface area contributed by atoms with Crippen molar-refractivity contribution in [3.63, 3.8) is 0 Å². The summed E-state index contributed by atoms with van der Waals surface area (Å²) in [4.78, 5) is 9.00. The summed E-state index contributed by atoms with van der Waals surface area (Å²) in [7, 11) is 0. The first-order chi connectivity index (χ1) is 11.2. The van der Waals surface area contributed by atoms with Crippen molar-refractivity contribution in [2.75, 3.05) is 6.54 Å². The number of phenolic OH excluding ortho intramolecular Hbond substituents is 1. The fraction of sp³-hybridized carbons (Fsp3) is 0.412. The second-order valence-electron chi connectivity index (χ2n) is 5.31. The number of phenols is 1. The number of nitrogens with one attached hydrogen (secondary N) is 2. The van der Waals surface area contributed by atoms with Crippen molar-refractivity contribution < 1.29 is 5.11 Å². The van der Waals surface area contributed by atoms with Crippen molar-refractivity contribution in [2.24, 2.45) is 4.99 Å². The third kappa shape index (κ3) is 5.90. The number of aromatic hydroxyl groups is 1. The van der Waals surface area contributed by atoms with Crippen LogP contribution in [0.1, 0.15) is 36.0 Å². The van der Waals surface area contributed by atoms with Gasteiger partial charge in [0.2, 0.25) is 0 Å². The van der Waals surface area contributed by atoms with Crippen LogP contribution in [0.5, 0.6) is 5.75 Å². The number of hydrogen-bond acceptors (Lipinski definition) is 4. The van der Waals surface area contributed by atoms with Gasteiger partial charge < -0.3 is 15.7 Å². The number of nitrogens with zero attached hydrogens (tertiary/aromatic N) is 2. The topological polar surface area (TPSA) is 69.5 Å². The second kappa shape index (κ2) is 9.15. The fourth-order valence-electron chi connectivity index (χ4n) is 2.01. The van der Waals surface area contributed by atoms with Crippen LogP contribution in [0.2, 0.25) is 0 Å². The summed E-state index contributed by atoms with van der Waals surface area (Å²) in [5.74, 6) is 1.02. The van der Waals surface area contributed by atoms with Crippen LogP contribution < -0.4 is 10.6 Å². The minimum absolute atomic E-state index is 0.278. The Hall–Kier alpha value is -2.08. The summed E-state index contributed by atoms with van der Waals surface area (Å²) in [6, 6.07) is 7.28. The highest BCUT2D eigenvalue weighted by Gasteiger charge is 2.03. The van der Waals surface area contributed by atoms with Crippen LogP contribution in [0.4, 0.5) is 0 Å². The van der Waals surface area contributed by atoms with Gasteiger partial charge in [-0.3, -0.25) is 0 Å². The van der Waals surface area contributed by atoms with E-state index in [0.29, 0.717) is 13.1 Å². The molecule has 1 aromatic heterocycles. The smallest absolute Gasteiger partial charge is 0.191 e. The van der Waals surface area contributed by atoms with E-state index in [4.69, 9.17) is 0 Å². The Morgan fingerprint density at radius 1 is 1.30 bits per heavy atom. The normalized spacial score (nSPS) is 11.5. The average molecular weight is 332 g/mol. The predicted octanol–water partition coefficient (Wildman–Crippen LogP) is 3.19. The van der Waals surface area contributed by atoms with Crippen LogP contribution >= 0.6 is 11.3 Å². The summed E-state index contributed by atoms with van der Waals surface area (Å²) in [6.45, 7) is 6.11. The zero-order valence-corrected chi connectivity index (χ0v) is 14.5. The van der Waals surface area contributed by atoms with E-state index >= 15 is 0 Å². The quantitative estimate of drug-likeness (QED) is 0.414. The minimum atomic E-state index is 0.278. The van der Waals surface area contributed by atoms with E-state index in [1.807, 2.05) is 30.5 Å². The second-order valence-corrected chi connectivity index (χ2v) is 6.25. The Morgan fingerprint density at radius 3 is 2.83 bits per heavy atom. The summed E-state index contributed by atoms with van der Waals surface area (Å²) in [6.07, 6.45) is 2.22. The minimum Gasteiger partial charge on any atom is -0.508 e. The van der Waals surface area contributed by atoms with Crippen LogP contribution in [0.25, 0.3) is 0 Å². The number of unbranched alkanes of at least 4 members (excludes halogenated alkanes) is 1. The largest absolute Gasteiger partial charge is 0.508 e. The summed E-state index contributed by atoms with van der Waals surface area (Å²) < 4.78 is 0. The number of aromatic nitrogens is 1. The third-order valence-corrected chi connectivity index (χ3v) is 4.26. The summed E-state index contributed by atoms with van der Waals surface area (Å²) in [5, 5.41) is 19.5. The summed E-state index contributed by atoms with van der Waals surface area (Å²) in [5.41, 5.74) is 1.85. The van der Waals surface area contributed by atoms with Crippen molar-refractivity contribution in [2.45, 2.75) is 39.8 Å². The van der Waals surface area contributed by atoms with E-state index < -0.39 is 0 Å². The lowest BCUT2D eigenvalue weighted by molar-refractivity contribution is 0.468. The van der Waals surface area contributed by atoms with E-state index in [9.17, 15) is 5.11 Å². The molecule has 1 aromatic carbocycles. The molecule has 2 aromatic rings. The zero-order chi connectivity index (χ0) is 16.5. The van der Waals surface area contributed by atoms with Crippen molar-refractivity contribution in [3.8, 4) is 5.75 Å². The predicted molar refractivity (Wildman–Crippen MR) is 95.8 cm³/mol. The maximum Gasteiger partial charge on any atom is 0.191 e. The maximum atomic E-state index is 9.83. The molecule has 6 heteroatoms. The number of guanidine groups is 1. The van der Waals surface area contributed by atoms with E-state index in [0.717, 1.165) is 41.6 Å². The van der Waals surface area contributed by atoms with E-state index in [2.05, 4.69) is 27.5 Å². The molecule has 5 nitrogen and oxygen atoms in total. The maximum absolute atomic E-state index is 9.83. The molecule has 0 bridgehead atoms. The summed E-state index contributed by atoms with van der Waals surface area (Å²) >= 11 is 1.64. The van der Waals surface area contributed by atoms with E-state index in [-0.39, 0.29) is 5.75 Å². The van der Waals surface area contributed by atoms with Crippen molar-refractivity contribution in [3.05, 3.63) is 45.9 Å². The van der Waals surface area contributed by atoms with Crippen molar-refractivity contribution >= 4 is 17.3 Å². The molecular formula is C17H24N4OS. The first kappa shape index (κ1) is 17.3. The molecule has 0 saturated heterocycles. The Bertz CT molecular complexity index is 639. The molecule has 2 rings (SSSR count). The first-order valence-corrected chi connectivity index (χ1v) is 8.77. The number of para-hydroxylation sites is 1. The molecule has 23 heavy (non-hydrogen) atoms. The van der Waals surface area contributed by atoms with Gasteiger partial charge in [-0.2, -0.15) is 0 Å². The van der Waals surface area contributed by atoms with Gasteiger partial charge in [-0.25, -0.2) is 9.98 Å². The molecule has 1 heterocycles. The molecule has 0 fully saturated rings. The van der Waals surface area contributed by atoms with Gasteiger partial charge in [-0.1, -0.05) is 31.5 Å². The number of aliphatic imine (C=N–C) groups is 1. The Morgan fingerprint density at radius 2 is 2.13 bits per heavy atom. The van der Waals surface area contributed by atoms with Crippen molar-refractivity contribution in [1.29, 1.82) is 0 Å². The highest BCUT2D eigenvalue weighted by Crippen LogP contribution is 2.16. The number of hydrogen-bond donors (Lipinski definition) is 3. The number of thiazole rings is 1. The molecule has 0 amide bonds. The van der Waals surface area contributed by atoms with Gasteiger partial charge in [0.1, 0.15) is 10.8 Å². The molecule has 0 spiro atoms. The van der Waals surface area contributed by atoms with Crippen LogP contribution in [0, 0.1) is 6.92 Å². The molecule has 0 aliphatic carbocycles. The average Bonchev–Trinajstić information content (AvgIpc) is 2.96. The van der Waals surface area contributed by atoms with Crippen molar-refractivity contribution in [1.82, 2.24) is 15.6 Å². The van der Waals surface area contributed by atoms with Gasteiger partial charge in [0.25, 0.3) is 0 Å². The van der Waals surface area contributed by atoms with E-state index in [1.54, 1.807) is 17.4 Å². The number of aryl methyl sites for hydroxylation is 1. The van der Waals surface area contributed by atoms with E-state index in [1.165, 1.54) is 0 Å². The highest BCUT2D eigenvalue weighted by atomic mass is 32.1. The molecule has 0 unspecified atom stereocenters. The van der Waals surface area contributed by atoms with Gasteiger partial charge >= 0.3 is 0 Å². The number of rotatable bonds is 7. The molecule has 0 saturated carbocycles. The van der Waals surface area contributed by atoms with Crippen LogP contribution in [-0.2, 0) is 13.1 Å². The zero-order valence-electron chi connectivity index (χ0n) is 13.7. The molecule has 0 radical (unpaired) electrons. The molecule has 0 atom stereocenters. The van der Waals surface area contributed by atoms with Gasteiger partial charge in [-0.15, -0.1) is 11.3 Å². The Labute approximate surface area is 141 Å². The lowest BCUT2D eigenvalue weighted by Gasteiger charge is -2.11. The molecule has 0 aliphatic heterocycles. The monoisotopic (exact) mass is 332 g/mol. The van der Waals surface area contributed by atoms with Gasteiger partial charge in [-0.05, 0) is 19.4 Å². The third-order valence-electron chi connectivity index (χ3n) is 3.30. The highest BCUT2D eigenvalue weighted by molar-refractivity contribution is 7.09. The SMILES string of the molecule is CCCCNC(=NCc1ccccc1O)NCc1nc(C)cs1. The Balaban J connectivity index is 1.97. The van der Waals surface area contributed by atoms with Crippen LogP contribution in [0.15, 0.2) is 34.6 Å². The molecule has 124 valence electrons. The van der Waals surface area contributed by atoms with Gasteiger partial charge in [0, 0.05) is 23.2 Å². The lowest BCUT2D eigenvalue weighted by atomic mass is 10.2. The lowest BCUT2D eigenvalue weighted by Crippen LogP contribution is -2.37. The van der Waals surface area contributed by atoms with Crippen LogP contribution in [-0.4, -0.2) is 22.6 Å². The molecular weight excluding hydrogens is 308 g/mol. The van der Waals surface area contributed by atoms with Gasteiger partial charge in [0.15, 0.2) is 5.96 Å². The first-order valence-electron chi connectivity index (χ1n) is 7.89. The number of benzene rings is 1. The van der Waals surface area contributed by atoms with Gasteiger partial charge in [0.05, 0.1) is 13.1 Å². The van der Waals surface area contributed by atoms with Crippen LogP contribution in [0.3, 0.4) is 0 Å².